The van der Waals surface area contributed by atoms with Crippen molar-refractivity contribution in [3.8, 4) is 11.1 Å². The number of para-hydroxylation sites is 2. The molecule has 0 amide bonds. The minimum Gasteiger partial charge on any atom is -0.440 e. The third-order valence-electron chi connectivity index (χ3n) is 7.73. The number of pyridine rings is 2. The van der Waals surface area contributed by atoms with Crippen LogP contribution < -0.4 is 0 Å². The molecule has 7 aromatic rings. The van der Waals surface area contributed by atoms with Gasteiger partial charge in [-0.2, -0.15) is 0 Å². The van der Waals surface area contributed by atoms with Crippen molar-refractivity contribution < 1.29 is 4.42 Å². The summed E-state index contributed by atoms with van der Waals surface area (Å²) in [4.78, 5) is 13.8. The van der Waals surface area contributed by atoms with E-state index in [1.165, 1.54) is 38.2 Å². The van der Waals surface area contributed by atoms with Crippen molar-refractivity contribution in [1.29, 1.82) is 0 Å². The number of aromatic nitrogens is 3. The summed E-state index contributed by atoms with van der Waals surface area (Å²) in [6.07, 6.45) is 11.3. The lowest BCUT2D eigenvalue weighted by Gasteiger charge is -2.20. The quantitative estimate of drug-likeness (QED) is 0.227. The zero-order chi connectivity index (χ0) is 25.8. The lowest BCUT2D eigenvalue weighted by atomic mass is 9.83. The summed E-state index contributed by atoms with van der Waals surface area (Å²) < 4.78 is 6.09. The summed E-state index contributed by atoms with van der Waals surface area (Å²) in [5, 5.41) is 5.96. The Labute approximate surface area is 225 Å². The molecule has 0 radical (unpaired) electrons. The average Bonchev–Trinajstić information content (AvgIpc) is 3.44. The maximum absolute atomic E-state index is 6.09. The van der Waals surface area contributed by atoms with Crippen LogP contribution in [-0.4, -0.2) is 15.0 Å². The van der Waals surface area contributed by atoms with E-state index in [2.05, 4.69) is 88.9 Å². The van der Waals surface area contributed by atoms with Gasteiger partial charge in [-0.15, -0.1) is 0 Å². The van der Waals surface area contributed by atoms with Gasteiger partial charge in [-0.3, -0.25) is 0 Å². The second-order valence-electron chi connectivity index (χ2n) is 9.95. The molecule has 0 saturated heterocycles. The highest BCUT2D eigenvalue weighted by molar-refractivity contribution is 6.21. The smallest absolute Gasteiger partial charge is 0.202 e. The van der Waals surface area contributed by atoms with Crippen molar-refractivity contribution in [2.24, 2.45) is 0 Å². The molecular weight excluding hydrogens is 478 g/mol. The molecule has 1 atom stereocenters. The predicted octanol–water partition coefficient (Wildman–Crippen LogP) is 8.87. The Hall–Kier alpha value is -5.09. The van der Waals surface area contributed by atoms with Crippen molar-refractivity contribution in [1.82, 2.24) is 15.0 Å². The van der Waals surface area contributed by atoms with Crippen LogP contribution in [0.15, 0.2) is 126 Å². The molecule has 4 heteroatoms. The Morgan fingerprint density at radius 3 is 2.03 bits per heavy atom. The number of nitrogens with zero attached hydrogens (tertiary/aromatic N) is 3. The van der Waals surface area contributed by atoms with Gasteiger partial charge >= 0.3 is 0 Å². The molecular formula is C35H23N3O. The van der Waals surface area contributed by atoms with Gasteiger partial charge in [-0.25, -0.2) is 15.0 Å². The first-order chi connectivity index (χ1) is 19.3. The summed E-state index contributed by atoms with van der Waals surface area (Å²) in [6.45, 7) is 0. The second kappa shape index (κ2) is 8.74. The van der Waals surface area contributed by atoms with Crippen LogP contribution in [0, 0.1) is 0 Å². The lowest BCUT2D eigenvalue weighted by Crippen LogP contribution is -2.00. The maximum atomic E-state index is 6.09. The number of rotatable bonds is 3. The van der Waals surface area contributed by atoms with Gasteiger partial charge in [0.25, 0.3) is 0 Å². The molecule has 39 heavy (non-hydrogen) atoms. The SMILES string of the molecule is C1=CC(c2nc3ccccc3o2)CC=C1c1c2ccccc2c(-c2ccnc3ncccc23)c2ccccc12. The van der Waals surface area contributed by atoms with Crippen LogP contribution in [-0.2, 0) is 0 Å². The molecule has 8 rings (SSSR count). The highest BCUT2D eigenvalue weighted by Crippen LogP contribution is 2.44. The molecule has 4 nitrogen and oxygen atoms in total. The van der Waals surface area contributed by atoms with Gasteiger partial charge in [-0.1, -0.05) is 78.9 Å². The summed E-state index contributed by atoms with van der Waals surface area (Å²) >= 11 is 0. The molecule has 3 aromatic heterocycles. The molecule has 1 unspecified atom stereocenters. The van der Waals surface area contributed by atoms with Crippen LogP contribution in [0.4, 0.5) is 0 Å². The molecule has 1 aliphatic carbocycles. The van der Waals surface area contributed by atoms with Crippen molar-refractivity contribution in [3.63, 3.8) is 0 Å². The van der Waals surface area contributed by atoms with Crippen LogP contribution in [0.25, 0.3) is 60.4 Å². The van der Waals surface area contributed by atoms with E-state index in [9.17, 15) is 0 Å². The number of hydrogen-bond donors (Lipinski definition) is 0. The number of hydrogen-bond acceptors (Lipinski definition) is 4. The summed E-state index contributed by atoms with van der Waals surface area (Å²) in [6, 6.07) is 31.6. The van der Waals surface area contributed by atoms with Crippen LogP contribution in [0.3, 0.4) is 0 Å². The monoisotopic (exact) mass is 501 g/mol. The van der Waals surface area contributed by atoms with Crippen molar-refractivity contribution in [3.05, 3.63) is 133 Å². The molecule has 0 bridgehead atoms. The van der Waals surface area contributed by atoms with Crippen molar-refractivity contribution in [2.75, 3.05) is 0 Å². The summed E-state index contributed by atoms with van der Waals surface area (Å²) in [7, 11) is 0. The summed E-state index contributed by atoms with van der Waals surface area (Å²) in [5.74, 6) is 0.889. The predicted molar refractivity (Wildman–Crippen MR) is 158 cm³/mol. The van der Waals surface area contributed by atoms with Crippen molar-refractivity contribution in [2.45, 2.75) is 12.3 Å². The molecule has 0 saturated carbocycles. The zero-order valence-electron chi connectivity index (χ0n) is 21.1. The second-order valence-corrected chi connectivity index (χ2v) is 9.95. The van der Waals surface area contributed by atoms with E-state index < -0.39 is 0 Å². The molecule has 0 N–H and O–H groups in total. The first-order valence-electron chi connectivity index (χ1n) is 13.2. The van der Waals surface area contributed by atoms with E-state index in [1.54, 1.807) is 6.20 Å². The number of fused-ring (bicyclic) bond motifs is 4. The zero-order valence-corrected chi connectivity index (χ0v) is 21.1. The number of allylic oxidation sites excluding steroid dienone is 4. The van der Waals surface area contributed by atoms with Gasteiger partial charge in [0.15, 0.2) is 11.2 Å². The molecule has 4 aromatic carbocycles. The van der Waals surface area contributed by atoms with E-state index in [4.69, 9.17) is 9.40 Å². The van der Waals surface area contributed by atoms with Gasteiger partial charge < -0.3 is 4.42 Å². The highest BCUT2D eigenvalue weighted by atomic mass is 16.3. The van der Waals surface area contributed by atoms with Crippen LogP contribution >= 0.6 is 0 Å². The fourth-order valence-corrected chi connectivity index (χ4v) is 5.97. The Morgan fingerprint density at radius 2 is 1.31 bits per heavy atom. The van der Waals surface area contributed by atoms with Crippen LogP contribution in [0.2, 0.25) is 0 Å². The van der Waals surface area contributed by atoms with Gasteiger partial charge in [0.05, 0.1) is 5.92 Å². The Balaban J connectivity index is 1.32. The van der Waals surface area contributed by atoms with Gasteiger partial charge in [0, 0.05) is 17.8 Å². The molecule has 0 fully saturated rings. The van der Waals surface area contributed by atoms with Crippen LogP contribution in [0.1, 0.15) is 23.8 Å². The number of oxazole rings is 1. The van der Waals surface area contributed by atoms with E-state index in [-0.39, 0.29) is 5.92 Å². The third-order valence-corrected chi connectivity index (χ3v) is 7.73. The normalized spacial score (nSPS) is 15.4. The fourth-order valence-electron chi connectivity index (χ4n) is 5.97. The highest BCUT2D eigenvalue weighted by Gasteiger charge is 2.22. The molecule has 3 heterocycles. The topological polar surface area (TPSA) is 51.8 Å². The molecule has 1 aliphatic rings. The molecule has 0 spiro atoms. The van der Waals surface area contributed by atoms with Crippen LogP contribution in [0.5, 0.6) is 0 Å². The van der Waals surface area contributed by atoms with E-state index in [0.717, 1.165) is 40.0 Å². The molecule has 0 aliphatic heterocycles. The maximum Gasteiger partial charge on any atom is 0.202 e. The van der Waals surface area contributed by atoms with Gasteiger partial charge in [0.2, 0.25) is 5.89 Å². The Morgan fingerprint density at radius 1 is 0.641 bits per heavy atom. The largest absolute Gasteiger partial charge is 0.440 e. The van der Waals surface area contributed by atoms with E-state index in [1.807, 2.05) is 36.5 Å². The molecule has 184 valence electrons. The minimum atomic E-state index is 0.119. The van der Waals surface area contributed by atoms with Gasteiger partial charge in [0.1, 0.15) is 5.52 Å². The Bertz CT molecular complexity index is 2020. The number of benzene rings is 4. The third kappa shape index (κ3) is 3.49. The lowest BCUT2D eigenvalue weighted by molar-refractivity contribution is 0.505. The Kier molecular flexibility index (Phi) is 4.92. The van der Waals surface area contributed by atoms with Crippen molar-refractivity contribution >= 4 is 49.3 Å². The van der Waals surface area contributed by atoms with Gasteiger partial charge in [-0.05, 0) is 80.6 Å². The average molecular weight is 502 g/mol. The standard InChI is InChI=1S/C35H23N3O/c1-3-10-26-24(8-1)32(22-15-17-23(18-16-22)35-38-30-13-5-6-14-31(30)39-35)25-9-2-4-11-27(25)33(26)28-19-21-37-34-29(28)12-7-20-36-34/h1-17,19-21,23H,18H2. The van der Waals surface area contributed by atoms with E-state index >= 15 is 0 Å². The fraction of sp³-hybridized carbons (Fsp3) is 0.0571. The first-order valence-corrected chi connectivity index (χ1v) is 13.2. The minimum absolute atomic E-state index is 0.119. The summed E-state index contributed by atoms with van der Waals surface area (Å²) in [5.41, 5.74) is 7.35. The first kappa shape index (κ1) is 21.9. The van der Waals surface area contributed by atoms with E-state index in [0.29, 0.717) is 0 Å².